The number of carbonyl (C=O) groups is 3. The molecule has 0 heterocycles. The Morgan fingerprint density at radius 3 is 2.15 bits per heavy atom. The highest BCUT2D eigenvalue weighted by Gasteiger charge is 2.11. The molecule has 0 unspecified atom stereocenters. The minimum Gasteiger partial charge on any atom is -0.452 e. The van der Waals surface area contributed by atoms with Crippen molar-refractivity contribution in [2.75, 3.05) is 11.9 Å². The van der Waals surface area contributed by atoms with Crippen LogP contribution in [0.25, 0.3) is 0 Å². The van der Waals surface area contributed by atoms with Gasteiger partial charge in [0.2, 0.25) is 5.91 Å². The number of nitrogens with one attached hydrogen (secondary N) is 2. The van der Waals surface area contributed by atoms with Crippen LogP contribution in [0.3, 0.4) is 0 Å². The van der Waals surface area contributed by atoms with Crippen LogP contribution < -0.4 is 10.6 Å². The summed E-state index contributed by atoms with van der Waals surface area (Å²) in [4.78, 5) is 34.8. The zero-order chi connectivity index (χ0) is 19.1. The number of aryl methyl sites for hydroxylation is 2. The van der Waals surface area contributed by atoms with Gasteiger partial charge in [-0.05, 0) is 54.8 Å². The van der Waals surface area contributed by atoms with Gasteiger partial charge in [0.05, 0.1) is 5.56 Å². The number of benzene rings is 2. The lowest BCUT2D eigenvalue weighted by Gasteiger charge is -2.09. The van der Waals surface area contributed by atoms with Crippen LogP contribution >= 0.6 is 0 Å². The summed E-state index contributed by atoms with van der Waals surface area (Å²) in [5, 5.41) is 5.38. The molecule has 0 aliphatic rings. The second-order valence-corrected chi connectivity index (χ2v) is 6.11. The van der Waals surface area contributed by atoms with Crippen molar-refractivity contribution in [2.45, 2.75) is 27.3 Å². The van der Waals surface area contributed by atoms with Crippen molar-refractivity contribution in [3.05, 3.63) is 64.7 Å². The van der Waals surface area contributed by atoms with Gasteiger partial charge in [-0.1, -0.05) is 18.2 Å². The molecule has 6 heteroatoms. The molecule has 0 saturated carbocycles. The Morgan fingerprint density at radius 2 is 1.58 bits per heavy atom. The standard InChI is InChI=1S/C20H22N2O4/c1-13-8-14(2)10-18(9-13)22-19(24)12-26-20(25)17-6-4-16(5-7-17)11-21-15(3)23/h4-10H,11-12H2,1-3H3,(H,21,23)(H,22,24). The quantitative estimate of drug-likeness (QED) is 0.781. The summed E-state index contributed by atoms with van der Waals surface area (Å²) >= 11 is 0. The number of anilines is 1. The fraction of sp³-hybridized carbons (Fsp3) is 0.250. The average molecular weight is 354 g/mol. The van der Waals surface area contributed by atoms with Crippen LogP contribution in [0.15, 0.2) is 42.5 Å². The number of hydrogen-bond donors (Lipinski definition) is 2. The Bertz CT molecular complexity index is 793. The molecule has 0 aliphatic carbocycles. The van der Waals surface area contributed by atoms with Crippen LogP contribution in [0.5, 0.6) is 0 Å². The maximum Gasteiger partial charge on any atom is 0.338 e. The number of rotatable bonds is 6. The summed E-state index contributed by atoms with van der Waals surface area (Å²) in [5.41, 5.74) is 3.96. The van der Waals surface area contributed by atoms with Crippen LogP contribution in [-0.2, 0) is 20.9 Å². The molecule has 26 heavy (non-hydrogen) atoms. The van der Waals surface area contributed by atoms with E-state index in [9.17, 15) is 14.4 Å². The molecule has 0 bridgehead atoms. The van der Waals surface area contributed by atoms with E-state index in [1.54, 1.807) is 24.3 Å². The first-order valence-corrected chi connectivity index (χ1v) is 8.22. The van der Waals surface area contributed by atoms with Crippen LogP contribution in [0.4, 0.5) is 5.69 Å². The fourth-order valence-corrected chi connectivity index (χ4v) is 2.44. The third-order valence-electron chi connectivity index (χ3n) is 3.57. The Labute approximate surface area is 152 Å². The first-order chi connectivity index (χ1) is 12.3. The van der Waals surface area contributed by atoms with Crippen LogP contribution in [0.2, 0.25) is 0 Å². The molecule has 0 radical (unpaired) electrons. The molecule has 0 atom stereocenters. The zero-order valence-electron chi connectivity index (χ0n) is 15.1. The molecule has 2 rings (SSSR count). The molecule has 0 aliphatic heterocycles. The van der Waals surface area contributed by atoms with Gasteiger partial charge in [-0.2, -0.15) is 0 Å². The van der Waals surface area contributed by atoms with E-state index in [4.69, 9.17) is 4.74 Å². The Hall–Kier alpha value is -3.15. The molecule has 6 nitrogen and oxygen atoms in total. The van der Waals surface area contributed by atoms with Gasteiger partial charge in [-0.15, -0.1) is 0 Å². The molecule has 0 aromatic heterocycles. The number of ether oxygens (including phenoxy) is 1. The van der Waals surface area contributed by atoms with E-state index < -0.39 is 11.9 Å². The first kappa shape index (κ1) is 19.2. The van der Waals surface area contributed by atoms with E-state index in [1.165, 1.54) is 6.92 Å². The van der Waals surface area contributed by atoms with Crippen molar-refractivity contribution < 1.29 is 19.1 Å². The molecular weight excluding hydrogens is 332 g/mol. The van der Waals surface area contributed by atoms with Crippen molar-refractivity contribution >= 4 is 23.5 Å². The largest absolute Gasteiger partial charge is 0.452 e. The van der Waals surface area contributed by atoms with Gasteiger partial charge in [0.1, 0.15) is 0 Å². The summed E-state index contributed by atoms with van der Waals surface area (Å²) < 4.78 is 5.04. The van der Waals surface area contributed by atoms with Crippen molar-refractivity contribution in [2.24, 2.45) is 0 Å². The lowest BCUT2D eigenvalue weighted by atomic mass is 10.1. The van der Waals surface area contributed by atoms with Crippen LogP contribution in [0.1, 0.15) is 34.0 Å². The molecule has 0 fully saturated rings. The molecule has 0 saturated heterocycles. The number of hydrogen-bond acceptors (Lipinski definition) is 4. The Kier molecular flexibility index (Phi) is 6.49. The second-order valence-electron chi connectivity index (χ2n) is 6.11. The van der Waals surface area contributed by atoms with Gasteiger partial charge in [0.15, 0.2) is 6.61 Å². The van der Waals surface area contributed by atoms with Crippen LogP contribution in [-0.4, -0.2) is 24.4 Å². The zero-order valence-corrected chi connectivity index (χ0v) is 15.1. The van der Waals surface area contributed by atoms with Gasteiger partial charge >= 0.3 is 5.97 Å². The highest BCUT2D eigenvalue weighted by molar-refractivity contribution is 5.95. The van der Waals surface area contributed by atoms with E-state index in [-0.39, 0.29) is 12.5 Å². The van der Waals surface area contributed by atoms with Gasteiger partial charge in [0.25, 0.3) is 5.91 Å². The monoisotopic (exact) mass is 354 g/mol. The lowest BCUT2D eigenvalue weighted by Crippen LogP contribution is -2.21. The van der Waals surface area contributed by atoms with Crippen molar-refractivity contribution in [1.29, 1.82) is 0 Å². The SMILES string of the molecule is CC(=O)NCc1ccc(C(=O)OCC(=O)Nc2cc(C)cc(C)c2)cc1. The molecular formula is C20H22N2O4. The predicted molar refractivity (Wildman–Crippen MR) is 98.8 cm³/mol. The molecule has 2 amide bonds. The lowest BCUT2D eigenvalue weighted by molar-refractivity contribution is -0.119. The van der Waals surface area contributed by atoms with Gasteiger partial charge < -0.3 is 15.4 Å². The second kappa shape index (κ2) is 8.80. The van der Waals surface area contributed by atoms with Crippen LogP contribution in [0, 0.1) is 13.8 Å². The summed E-state index contributed by atoms with van der Waals surface area (Å²) in [6.07, 6.45) is 0. The number of amides is 2. The number of carbonyl (C=O) groups excluding carboxylic acids is 3. The Balaban J connectivity index is 1.85. The van der Waals surface area contributed by atoms with Crippen molar-refractivity contribution in [3.8, 4) is 0 Å². The predicted octanol–water partition coefficient (Wildman–Crippen LogP) is 2.74. The van der Waals surface area contributed by atoms with Gasteiger partial charge in [-0.25, -0.2) is 4.79 Å². The van der Waals surface area contributed by atoms with Gasteiger partial charge in [0, 0.05) is 19.2 Å². The summed E-state index contributed by atoms with van der Waals surface area (Å²) in [5.74, 6) is -1.10. The molecule has 2 N–H and O–H groups in total. The normalized spacial score (nSPS) is 10.1. The van der Waals surface area contributed by atoms with Crippen molar-refractivity contribution in [1.82, 2.24) is 5.32 Å². The fourth-order valence-electron chi connectivity index (χ4n) is 2.44. The van der Waals surface area contributed by atoms with Crippen molar-refractivity contribution in [3.63, 3.8) is 0 Å². The summed E-state index contributed by atoms with van der Waals surface area (Å²) in [6.45, 7) is 5.36. The topological polar surface area (TPSA) is 84.5 Å². The molecule has 136 valence electrons. The molecule has 2 aromatic rings. The highest BCUT2D eigenvalue weighted by atomic mass is 16.5. The maximum absolute atomic E-state index is 12.0. The number of esters is 1. The Morgan fingerprint density at radius 1 is 0.962 bits per heavy atom. The molecule has 0 spiro atoms. The highest BCUT2D eigenvalue weighted by Crippen LogP contribution is 2.13. The summed E-state index contributed by atoms with van der Waals surface area (Å²) in [7, 11) is 0. The minimum atomic E-state index is -0.577. The van der Waals surface area contributed by atoms with E-state index in [2.05, 4.69) is 10.6 Å². The smallest absolute Gasteiger partial charge is 0.338 e. The third-order valence-corrected chi connectivity index (χ3v) is 3.57. The van der Waals surface area contributed by atoms with E-state index in [1.807, 2.05) is 32.0 Å². The molecule has 2 aromatic carbocycles. The van der Waals surface area contributed by atoms with E-state index in [0.29, 0.717) is 17.8 Å². The maximum atomic E-state index is 12.0. The summed E-state index contributed by atoms with van der Waals surface area (Å²) in [6, 6.07) is 12.3. The minimum absolute atomic E-state index is 0.122. The van der Waals surface area contributed by atoms with E-state index >= 15 is 0 Å². The first-order valence-electron chi connectivity index (χ1n) is 8.22. The van der Waals surface area contributed by atoms with Gasteiger partial charge in [-0.3, -0.25) is 9.59 Å². The average Bonchev–Trinajstić information content (AvgIpc) is 2.57. The van der Waals surface area contributed by atoms with E-state index in [0.717, 1.165) is 16.7 Å². The third kappa shape index (κ3) is 6.05.